The number of rotatable bonds is 7. The third-order valence-corrected chi connectivity index (χ3v) is 3.55. The van der Waals surface area contributed by atoms with E-state index in [0.29, 0.717) is 12.1 Å². The summed E-state index contributed by atoms with van der Waals surface area (Å²) < 4.78 is 5.91. The molecule has 0 aliphatic heterocycles. The van der Waals surface area contributed by atoms with E-state index in [0.717, 1.165) is 13.0 Å². The Bertz CT molecular complexity index is 202. The van der Waals surface area contributed by atoms with Crippen LogP contribution in [-0.4, -0.2) is 36.0 Å². The summed E-state index contributed by atoms with van der Waals surface area (Å²) in [7, 11) is 0. The van der Waals surface area contributed by atoms with Crippen LogP contribution in [0.3, 0.4) is 0 Å². The molecule has 3 nitrogen and oxygen atoms in total. The van der Waals surface area contributed by atoms with Gasteiger partial charge in [-0.25, -0.2) is 0 Å². The van der Waals surface area contributed by atoms with Gasteiger partial charge in [0.25, 0.3) is 0 Å². The highest BCUT2D eigenvalue weighted by Crippen LogP contribution is 2.21. The summed E-state index contributed by atoms with van der Waals surface area (Å²) in [4.78, 5) is 0. The van der Waals surface area contributed by atoms with Crippen molar-refractivity contribution in [2.24, 2.45) is 0 Å². The summed E-state index contributed by atoms with van der Waals surface area (Å²) >= 11 is 0. The molecule has 0 bridgehead atoms. The molecule has 3 heteroatoms. The zero-order valence-corrected chi connectivity index (χ0v) is 11.7. The van der Waals surface area contributed by atoms with Gasteiger partial charge in [-0.3, -0.25) is 0 Å². The molecule has 17 heavy (non-hydrogen) atoms. The summed E-state index contributed by atoms with van der Waals surface area (Å²) in [6.07, 6.45) is 7.76. The van der Waals surface area contributed by atoms with Crippen molar-refractivity contribution in [3.8, 4) is 0 Å². The lowest BCUT2D eigenvalue weighted by atomic mass is 9.96. The molecular formula is C14H29NO2. The van der Waals surface area contributed by atoms with Crippen molar-refractivity contribution in [3.63, 3.8) is 0 Å². The van der Waals surface area contributed by atoms with Crippen molar-refractivity contribution >= 4 is 0 Å². The van der Waals surface area contributed by atoms with E-state index in [1.54, 1.807) is 0 Å². The smallest absolute Gasteiger partial charge is 0.0611 e. The first kappa shape index (κ1) is 14.9. The molecule has 1 saturated carbocycles. The number of aliphatic hydroxyl groups excluding tert-OH is 1. The molecule has 0 radical (unpaired) electrons. The molecule has 0 heterocycles. The van der Waals surface area contributed by atoms with E-state index in [1.807, 2.05) is 0 Å². The van der Waals surface area contributed by atoms with Crippen molar-refractivity contribution < 1.29 is 9.84 Å². The molecule has 102 valence electrons. The van der Waals surface area contributed by atoms with E-state index in [2.05, 4.69) is 26.1 Å². The topological polar surface area (TPSA) is 41.5 Å². The monoisotopic (exact) mass is 243 g/mol. The van der Waals surface area contributed by atoms with Gasteiger partial charge in [-0.05, 0) is 26.2 Å². The first-order valence-electron chi connectivity index (χ1n) is 7.06. The highest BCUT2D eigenvalue weighted by molar-refractivity contribution is 4.83. The van der Waals surface area contributed by atoms with Gasteiger partial charge in [0.05, 0.1) is 12.7 Å². The standard InChI is InChI=1S/C14H29NO2/c1-12(2)15-14(3,11-16)9-10-17-13-7-5-4-6-8-13/h12-13,15-16H,4-11H2,1-3H3. The molecule has 0 amide bonds. The Morgan fingerprint density at radius 1 is 1.29 bits per heavy atom. The number of aliphatic hydroxyl groups is 1. The average Bonchev–Trinajstić information content (AvgIpc) is 2.29. The van der Waals surface area contributed by atoms with Crippen LogP contribution in [0.15, 0.2) is 0 Å². The minimum absolute atomic E-state index is 0.166. The summed E-state index contributed by atoms with van der Waals surface area (Å²) in [6, 6.07) is 0.391. The van der Waals surface area contributed by atoms with E-state index in [-0.39, 0.29) is 12.1 Å². The number of hydrogen-bond acceptors (Lipinski definition) is 3. The van der Waals surface area contributed by atoms with Crippen molar-refractivity contribution in [2.45, 2.75) is 77.0 Å². The third-order valence-electron chi connectivity index (χ3n) is 3.55. The van der Waals surface area contributed by atoms with Gasteiger partial charge in [0.15, 0.2) is 0 Å². The minimum Gasteiger partial charge on any atom is -0.394 e. The Labute approximate surface area is 106 Å². The number of ether oxygens (including phenoxy) is 1. The Hall–Kier alpha value is -0.120. The molecule has 1 atom stereocenters. The second-order valence-electron chi connectivity index (χ2n) is 5.90. The van der Waals surface area contributed by atoms with Gasteiger partial charge in [0.2, 0.25) is 0 Å². The van der Waals surface area contributed by atoms with Crippen LogP contribution >= 0.6 is 0 Å². The third kappa shape index (κ3) is 5.84. The van der Waals surface area contributed by atoms with Gasteiger partial charge < -0.3 is 15.2 Å². The Morgan fingerprint density at radius 2 is 1.94 bits per heavy atom. The summed E-state index contributed by atoms with van der Waals surface area (Å²) in [6.45, 7) is 7.20. The van der Waals surface area contributed by atoms with Gasteiger partial charge in [-0.15, -0.1) is 0 Å². The van der Waals surface area contributed by atoms with E-state index in [4.69, 9.17) is 4.74 Å². The van der Waals surface area contributed by atoms with Crippen LogP contribution < -0.4 is 5.32 Å². The van der Waals surface area contributed by atoms with E-state index in [1.165, 1.54) is 32.1 Å². The molecule has 0 saturated heterocycles. The molecule has 0 spiro atoms. The second kappa shape index (κ2) is 7.34. The van der Waals surface area contributed by atoms with Crippen molar-refractivity contribution in [1.82, 2.24) is 5.32 Å². The molecule has 0 aromatic carbocycles. The SMILES string of the molecule is CC(C)NC(C)(CO)CCOC1CCCCC1. The van der Waals surface area contributed by atoms with Crippen LogP contribution in [-0.2, 0) is 4.74 Å². The van der Waals surface area contributed by atoms with Crippen LogP contribution in [0.4, 0.5) is 0 Å². The summed E-state index contributed by atoms with van der Waals surface area (Å²) in [5.41, 5.74) is -0.206. The first-order chi connectivity index (χ1) is 8.06. The molecule has 1 fully saturated rings. The van der Waals surface area contributed by atoms with Crippen LogP contribution in [0, 0.1) is 0 Å². The van der Waals surface area contributed by atoms with Gasteiger partial charge in [-0.2, -0.15) is 0 Å². The molecule has 0 aromatic heterocycles. The maximum absolute atomic E-state index is 9.45. The highest BCUT2D eigenvalue weighted by atomic mass is 16.5. The van der Waals surface area contributed by atoms with E-state index < -0.39 is 0 Å². The van der Waals surface area contributed by atoms with Gasteiger partial charge >= 0.3 is 0 Å². The lowest BCUT2D eigenvalue weighted by molar-refractivity contribution is 0.0103. The van der Waals surface area contributed by atoms with E-state index >= 15 is 0 Å². The zero-order chi connectivity index (χ0) is 12.7. The average molecular weight is 243 g/mol. The van der Waals surface area contributed by atoms with Crippen molar-refractivity contribution in [1.29, 1.82) is 0 Å². The molecule has 1 unspecified atom stereocenters. The van der Waals surface area contributed by atoms with E-state index in [9.17, 15) is 5.11 Å². The first-order valence-corrected chi connectivity index (χ1v) is 7.06. The zero-order valence-electron chi connectivity index (χ0n) is 11.7. The molecule has 1 aliphatic rings. The number of hydrogen-bond donors (Lipinski definition) is 2. The van der Waals surface area contributed by atoms with Crippen molar-refractivity contribution in [2.75, 3.05) is 13.2 Å². The fraction of sp³-hybridized carbons (Fsp3) is 1.00. The second-order valence-corrected chi connectivity index (χ2v) is 5.90. The summed E-state index contributed by atoms with van der Waals surface area (Å²) in [5.74, 6) is 0. The van der Waals surface area contributed by atoms with Crippen molar-refractivity contribution in [3.05, 3.63) is 0 Å². The largest absolute Gasteiger partial charge is 0.394 e. The fourth-order valence-corrected chi connectivity index (χ4v) is 2.58. The minimum atomic E-state index is -0.206. The lowest BCUT2D eigenvalue weighted by Crippen LogP contribution is -2.49. The molecule has 1 aliphatic carbocycles. The maximum atomic E-state index is 9.45. The quantitative estimate of drug-likeness (QED) is 0.722. The van der Waals surface area contributed by atoms with Crippen LogP contribution in [0.5, 0.6) is 0 Å². The number of nitrogens with one attached hydrogen (secondary N) is 1. The molecule has 2 N–H and O–H groups in total. The predicted molar refractivity (Wildman–Crippen MR) is 71.2 cm³/mol. The normalized spacial score (nSPS) is 21.7. The molecule has 1 rings (SSSR count). The highest BCUT2D eigenvalue weighted by Gasteiger charge is 2.24. The van der Waals surface area contributed by atoms with Crippen LogP contribution in [0.2, 0.25) is 0 Å². The molecule has 0 aromatic rings. The van der Waals surface area contributed by atoms with Crippen LogP contribution in [0.1, 0.15) is 59.3 Å². The Kier molecular flexibility index (Phi) is 6.45. The van der Waals surface area contributed by atoms with Gasteiger partial charge in [-0.1, -0.05) is 33.1 Å². The molecular weight excluding hydrogens is 214 g/mol. The van der Waals surface area contributed by atoms with Gasteiger partial charge in [0, 0.05) is 18.2 Å². The van der Waals surface area contributed by atoms with Crippen LogP contribution in [0.25, 0.3) is 0 Å². The Morgan fingerprint density at radius 3 is 2.47 bits per heavy atom. The maximum Gasteiger partial charge on any atom is 0.0611 e. The fourth-order valence-electron chi connectivity index (χ4n) is 2.58. The lowest BCUT2D eigenvalue weighted by Gasteiger charge is -2.32. The summed E-state index contributed by atoms with van der Waals surface area (Å²) in [5, 5.41) is 12.9. The van der Waals surface area contributed by atoms with Gasteiger partial charge in [0.1, 0.15) is 0 Å². The predicted octanol–water partition coefficient (Wildman–Crippen LogP) is 2.47. The Balaban J connectivity index is 2.22.